The Hall–Kier alpha value is -0.360. The van der Waals surface area contributed by atoms with Gasteiger partial charge in [0.15, 0.2) is 6.29 Å². The van der Waals surface area contributed by atoms with Crippen LogP contribution in [0.3, 0.4) is 0 Å². The average molecular weight is 309 g/mol. The van der Waals surface area contributed by atoms with Crippen LogP contribution in [0.5, 0.6) is 0 Å². The largest absolute Gasteiger partial charge is 0.395 e. The normalized spacial score (nSPS) is 48.3. The third-order valence-electron chi connectivity index (χ3n) is 3.98. The van der Waals surface area contributed by atoms with Crippen molar-refractivity contribution in [3.63, 3.8) is 0 Å². The van der Waals surface area contributed by atoms with Crippen LogP contribution in [0.15, 0.2) is 0 Å². The summed E-state index contributed by atoms with van der Waals surface area (Å²) in [6.45, 7) is -0.307. The topological polar surface area (TPSA) is 152 Å². The first-order chi connectivity index (χ1) is 9.99. The van der Waals surface area contributed by atoms with Crippen molar-refractivity contribution in [2.24, 2.45) is 0 Å². The molecule has 0 spiro atoms. The van der Waals surface area contributed by atoms with Gasteiger partial charge in [0.25, 0.3) is 0 Å². The Morgan fingerprint density at radius 3 is 2.29 bits per heavy atom. The zero-order valence-electron chi connectivity index (χ0n) is 11.4. The second-order valence-corrected chi connectivity index (χ2v) is 5.39. The Kier molecular flexibility index (Phi) is 5.88. The maximum absolute atomic E-state index is 10.0. The van der Waals surface area contributed by atoms with Crippen LogP contribution in [0.4, 0.5) is 0 Å². The van der Waals surface area contributed by atoms with Crippen molar-refractivity contribution >= 4 is 0 Å². The van der Waals surface area contributed by atoms with Gasteiger partial charge in [-0.25, -0.2) is 0 Å². The van der Waals surface area contributed by atoms with Crippen molar-refractivity contribution in [1.82, 2.24) is 5.32 Å². The van der Waals surface area contributed by atoms with Crippen LogP contribution in [0.2, 0.25) is 0 Å². The summed E-state index contributed by atoms with van der Waals surface area (Å²) in [4.78, 5) is 0. The molecular weight excluding hydrogens is 286 g/mol. The summed E-state index contributed by atoms with van der Waals surface area (Å²) in [7, 11) is 0. The Bertz CT molecular complexity index is 330. The third-order valence-corrected chi connectivity index (χ3v) is 3.98. The van der Waals surface area contributed by atoms with Gasteiger partial charge in [0.1, 0.15) is 24.4 Å². The van der Waals surface area contributed by atoms with E-state index in [2.05, 4.69) is 5.32 Å². The smallest absolute Gasteiger partial charge is 0.187 e. The lowest BCUT2D eigenvalue weighted by Crippen LogP contribution is -2.62. The molecule has 0 saturated carbocycles. The first-order valence-corrected chi connectivity index (χ1v) is 6.98. The van der Waals surface area contributed by atoms with Crippen molar-refractivity contribution in [2.45, 2.75) is 55.4 Å². The molecule has 0 aromatic heterocycles. The third kappa shape index (κ3) is 3.52. The molecule has 0 aromatic carbocycles. The van der Waals surface area contributed by atoms with Crippen LogP contribution in [0.1, 0.15) is 6.42 Å². The van der Waals surface area contributed by atoms with Crippen molar-refractivity contribution < 1.29 is 40.1 Å². The lowest BCUT2D eigenvalue weighted by molar-refractivity contribution is -0.319. The maximum atomic E-state index is 10.0. The highest BCUT2D eigenvalue weighted by atomic mass is 16.7. The number of aliphatic hydroxyl groups excluding tert-OH is 6. The molecule has 0 unspecified atom stereocenters. The van der Waals surface area contributed by atoms with E-state index in [-0.39, 0.29) is 6.61 Å². The number of hydrogen-bond donors (Lipinski definition) is 7. The molecule has 0 aromatic rings. The fourth-order valence-corrected chi connectivity index (χ4v) is 2.63. The monoisotopic (exact) mass is 309 g/mol. The first kappa shape index (κ1) is 17.0. The fourth-order valence-electron chi connectivity index (χ4n) is 2.63. The summed E-state index contributed by atoms with van der Waals surface area (Å²) >= 11 is 0. The Balaban J connectivity index is 2.00. The lowest BCUT2D eigenvalue weighted by atomic mass is 9.97. The second kappa shape index (κ2) is 7.27. The van der Waals surface area contributed by atoms with Gasteiger partial charge in [-0.3, -0.25) is 0 Å². The molecule has 7 N–H and O–H groups in total. The summed E-state index contributed by atoms with van der Waals surface area (Å²) in [6.07, 6.45) is -8.09. The molecule has 0 bridgehead atoms. The van der Waals surface area contributed by atoms with Gasteiger partial charge in [0, 0.05) is 0 Å². The van der Waals surface area contributed by atoms with Crippen molar-refractivity contribution in [3.05, 3.63) is 0 Å². The zero-order valence-corrected chi connectivity index (χ0v) is 11.4. The molecule has 9 nitrogen and oxygen atoms in total. The number of piperidine rings is 1. The molecule has 2 rings (SSSR count). The summed E-state index contributed by atoms with van der Waals surface area (Å²) in [5, 5.41) is 60.4. The van der Waals surface area contributed by atoms with Gasteiger partial charge < -0.3 is 45.4 Å². The SMILES string of the molecule is OC[C@H]1NCC[C@@H](O[C@H]2O[C@H](CO)[C@@H](O)[C@H](O)[C@H]2O)[C@@H]1O. The van der Waals surface area contributed by atoms with E-state index in [1.165, 1.54) is 0 Å². The molecule has 2 aliphatic rings. The standard InChI is InChI=1S/C12H23NO8/c14-3-5-8(16)6(1-2-13-5)20-12-11(19)10(18)9(17)7(4-15)21-12/h5-19H,1-4H2/t5-,6-,7-,8-,9-,10+,11-,12+/m1/s1. The van der Waals surface area contributed by atoms with Gasteiger partial charge in [-0.05, 0) is 13.0 Å². The molecule has 2 saturated heterocycles. The van der Waals surface area contributed by atoms with E-state index in [0.29, 0.717) is 13.0 Å². The molecule has 21 heavy (non-hydrogen) atoms. The quantitative estimate of drug-likeness (QED) is 0.275. The van der Waals surface area contributed by atoms with Crippen molar-refractivity contribution in [2.75, 3.05) is 19.8 Å². The van der Waals surface area contributed by atoms with Crippen LogP contribution in [0, 0.1) is 0 Å². The summed E-state index contributed by atoms with van der Waals surface area (Å²) in [5.74, 6) is 0. The van der Waals surface area contributed by atoms with E-state index < -0.39 is 55.6 Å². The molecule has 0 amide bonds. The average Bonchev–Trinajstić information content (AvgIpc) is 2.49. The Morgan fingerprint density at radius 1 is 0.952 bits per heavy atom. The lowest BCUT2D eigenvalue weighted by Gasteiger charge is -2.43. The number of rotatable bonds is 4. The summed E-state index contributed by atoms with van der Waals surface area (Å²) in [6, 6.07) is -0.548. The van der Waals surface area contributed by atoms with Crippen LogP contribution >= 0.6 is 0 Å². The van der Waals surface area contributed by atoms with Gasteiger partial charge in [0.2, 0.25) is 0 Å². The van der Waals surface area contributed by atoms with Crippen molar-refractivity contribution in [3.8, 4) is 0 Å². The maximum Gasteiger partial charge on any atom is 0.187 e. The molecule has 9 heteroatoms. The molecule has 0 radical (unpaired) electrons. The van der Waals surface area contributed by atoms with E-state index in [0.717, 1.165) is 0 Å². The van der Waals surface area contributed by atoms with Gasteiger partial charge >= 0.3 is 0 Å². The molecule has 124 valence electrons. The Morgan fingerprint density at radius 2 is 1.67 bits per heavy atom. The van der Waals surface area contributed by atoms with Crippen LogP contribution in [-0.4, -0.2) is 99.4 Å². The molecule has 2 fully saturated rings. The van der Waals surface area contributed by atoms with E-state index in [9.17, 15) is 20.4 Å². The highest BCUT2D eigenvalue weighted by Gasteiger charge is 2.46. The Labute approximate surface area is 121 Å². The first-order valence-electron chi connectivity index (χ1n) is 6.98. The molecule has 2 heterocycles. The van der Waals surface area contributed by atoms with Gasteiger partial charge in [-0.1, -0.05) is 0 Å². The zero-order chi connectivity index (χ0) is 15.6. The van der Waals surface area contributed by atoms with E-state index in [1.807, 2.05) is 0 Å². The van der Waals surface area contributed by atoms with Crippen LogP contribution in [0.25, 0.3) is 0 Å². The van der Waals surface area contributed by atoms with E-state index >= 15 is 0 Å². The van der Waals surface area contributed by atoms with Crippen molar-refractivity contribution in [1.29, 1.82) is 0 Å². The minimum absolute atomic E-state index is 0.268. The predicted octanol–water partition coefficient (Wildman–Crippen LogP) is -4.11. The highest BCUT2D eigenvalue weighted by Crippen LogP contribution is 2.25. The predicted molar refractivity (Wildman–Crippen MR) is 68.1 cm³/mol. The number of nitrogens with one attached hydrogen (secondary N) is 1. The fraction of sp³-hybridized carbons (Fsp3) is 1.00. The van der Waals surface area contributed by atoms with E-state index in [4.69, 9.17) is 19.7 Å². The minimum Gasteiger partial charge on any atom is -0.395 e. The van der Waals surface area contributed by atoms with Crippen LogP contribution in [-0.2, 0) is 9.47 Å². The minimum atomic E-state index is -1.52. The van der Waals surface area contributed by atoms with Gasteiger partial charge in [0.05, 0.1) is 31.5 Å². The highest BCUT2D eigenvalue weighted by molar-refractivity contribution is 4.92. The summed E-state index contributed by atoms with van der Waals surface area (Å²) < 4.78 is 10.7. The van der Waals surface area contributed by atoms with Crippen LogP contribution < -0.4 is 5.32 Å². The molecule has 0 aliphatic carbocycles. The summed E-state index contributed by atoms with van der Waals surface area (Å²) in [5.41, 5.74) is 0. The number of aliphatic hydroxyl groups is 6. The molecule has 8 atom stereocenters. The molecule has 2 aliphatic heterocycles. The van der Waals surface area contributed by atoms with Gasteiger partial charge in [-0.15, -0.1) is 0 Å². The van der Waals surface area contributed by atoms with Gasteiger partial charge in [-0.2, -0.15) is 0 Å². The second-order valence-electron chi connectivity index (χ2n) is 5.39. The molecular formula is C12H23NO8. The van der Waals surface area contributed by atoms with E-state index in [1.54, 1.807) is 0 Å². The number of ether oxygens (including phenoxy) is 2. The number of hydrogen-bond acceptors (Lipinski definition) is 9.